The average Bonchev–Trinajstić information content (AvgIpc) is 2.69. The van der Waals surface area contributed by atoms with Crippen molar-refractivity contribution in [1.82, 2.24) is 4.90 Å². The lowest BCUT2D eigenvalue weighted by Crippen LogP contribution is -2.47. The van der Waals surface area contributed by atoms with Crippen molar-refractivity contribution in [3.63, 3.8) is 0 Å². The van der Waals surface area contributed by atoms with Crippen molar-refractivity contribution in [3.05, 3.63) is 58.6 Å². The molecule has 1 aliphatic carbocycles. The predicted octanol–water partition coefficient (Wildman–Crippen LogP) is 2.18. The number of nitrogens with zero attached hydrogens (tertiary/aromatic N) is 4. The molecule has 0 aromatic heterocycles. The molecule has 3 rings (SSSR count). The third-order valence-corrected chi connectivity index (χ3v) is 5.08. The summed E-state index contributed by atoms with van der Waals surface area (Å²) in [5.41, 5.74) is 6.15. The second kappa shape index (κ2) is 8.67. The van der Waals surface area contributed by atoms with Gasteiger partial charge in [0.25, 0.3) is 0 Å². The molecule has 144 valence electrons. The SMILES string of the molecule is CCO.CN1CC=C2C(C#N)=C(N)C(C#N)(C#N)[C@@H](c3ccc(F)cc3)[C@@H]2C1. The van der Waals surface area contributed by atoms with Crippen LogP contribution in [0.25, 0.3) is 0 Å². The van der Waals surface area contributed by atoms with Crippen LogP contribution in [0.4, 0.5) is 4.39 Å². The van der Waals surface area contributed by atoms with E-state index in [1.54, 1.807) is 19.1 Å². The number of fused-ring (bicyclic) bond motifs is 1. The lowest BCUT2D eigenvalue weighted by atomic mass is 9.58. The second-order valence-corrected chi connectivity index (χ2v) is 6.76. The second-order valence-electron chi connectivity index (χ2n) is 6.76. The Morgan fingerprint density at radius 3 is 2.32 bits per heavy atom. The first-order valence-corrected chi connectivity index (χ1v) is 8.88. The number of hydrogen-bond donors (Lipinski definition) is 2. The number of allylic oxidation sites excluding steroid dienone is 2. The van der Waals surface area contributed by atoms with E-state index >= 15 is 0 Å². The molecular weight excluding hydrogens is 357 g/mol. The van der Waals surface area contributed by atoms with Gasteiger partial charge >= 0.3 is 0 Å². The Bertz CT molecular complexity index is 900. The quantitative estimate of drug-likeness (QED) is 0.771. The monoisotopic (exact) mass is 379 g/mol. The average molecular weight is 379 g/mol. The minimum atomic E-state index is -1.66. The van der Waals surface area contributed by atoms with Crippen LogP contribution in [0.5, 0.6) is 0 Å². The summed E-state index contributed by atoms with van der Waals surface area (Å²) in [5.74, 6) is -1.21. The van der Waals surface area contributed by atoms with Gasteiger partial charge in [-0.3, -0.25) is 0 Å². The van der Waals surface area contributed by atoms with Gasteiger partial charge < -0.3 is 15.7 Å². The van der Waals surface area contributed by atoms with E-state index in [1.165, 1.54) is 12.1 Å². The van der Waals surface area contributed by atoms with E-state index < -0.39 is 17.2 Å². The van der Waals surface area contributed by atoms with Gasteiger partial charge in [0.15, 0.2) is 5.41 Å². The normalized spacial score (nSPS) is 23.1. The smallest absolute Gasteiger partial charge is 0.191 e. The zero-order chi connectivity index (χ0) is 20.9. The van der Waals surface area contributed by atoms with Crippen LogP contribution >= 0.6 is 0 Å². The van der Waals surface area contributed by atoms with E-state index in [9.17, 15) is 20.2 Å². The molecule has 0 amide bonds. The van der Waals surface area contributed by atoms with Gasteiger partial charge in [0.1, 0.15) is 11.9 Å². The molecule has 1 heterocycles. The molecule has 1 aliphatic heterocycles. The van der Waals surface area contributed by atoms with Gasteiger partial charge in [0.2, 0.25) is 0 Å². The maximum atomic E-state index is 13.4. The first-order valence-electron chi connectivity index (χ1n) is 8.88. The number of benzene rings is 1. The van der Waals surface area contributed by atoms with Crippen LogP contribution in [0.15, 0.2) is 47.2 Å². The highest BCUT2D eigenvalue weighted by Gasteiger charge is 2.54. The molecule has 6 nitrogen and oxygen atoms in total. The minimum absolute atomic E-state index is 0.0126. The Kier molecular flexibility index (Phi) is 6.54. The molecule has 0 spiro atoms. The van der Waals surface area contributed by atoms with E-state index in [-0.39, 0.29) is 23.8 Å². The summed E-state index contributed by atoms with van der Waals surface area (Å²) in [5, 5.41) is 36.9. The lowest BCUT2D eigenvalue weighted by molar-refractivity contribution is 0.237. The number of nitriles is 3. The Balaban J connectivity index is 0.000000878. The number of aliphatic hydroxyl groups excluding tert-OH is 1. The number of nitrogens with two attached hydrogens (primary N) is 1. The molecule has 0 radical (unpaired) electrons. The number of hydrogen-bond acceptors (Lipinski definition) is 6. The maximum Gasteiger partial charge on any atom is 0.191 e. The lowest BCUT2D eigenvalue weighted by Gasteiger charge is -2.45. The molecule has 0 fully saturated rings. The summed E-state index contributed by atoms with van der Waals surface area (Å²) >= 11 is 0. The van der Waals surface area contributed by atoms with Crippen molar-refractivity contribution in [2.24, 2.45) is 17.1 Å². The molecule has 7 heteroatoms. The molecule has 1 aromatic carbocycles. The molecule has 1 aromatic rings. The molecule has 2 atom stereocenters. The summed E-state index contributed by atoms with van der Waals surface area (Å²) in [6.45, 7) is 3.17. The van der Waals surface area contributed by atoms with Crippen LogP contribution in [0.1, 0.15) is 18.4 Å². The van der Waals surface area contributed by atoms with Crippen LogP contribution in [-0.4, -0.2) is 36.8 Å². The molecule has 0 saturated heterocycles. The topological polar surface area (TPSA) is 121 Å². The highest BCUT2D eigenvalue weighted by atomic mass is 19.1. The standard InChI is InChI=1S/C19H16FN5.C2H6O/c1-25-7-6-14-15(8-21)18(24)19(10-22,11-23)17(16(14)9-25)12-2-4-13(20)5-3-12;1-2-3/h2-6,16-17H,7,9,24H2,1H3;3H,2H2,1H3/t16-,17+;/m1./s1. The van der Waals surface area contributed by atoms with E-state index in [0.29, 0.717) is 18.7 Å². The third-order valence-electron chi connectivity index (χ3n) is 5.08. The van der Waals surface area contributed by atoms with Gasteiger partial charge in [-0.05, 0) is 37.2 Å². The van der Waals surface area contributed by atoms with Gasteiger partial charge in [-0.25, -0.2) is 4.39 Å². The number of rotatable bonds is 1. The Morgan fingerprint density at radius 1 is 1.25 bits per heavy atom. The highest BCUT2D eigenvalue weighted by Crippen LogP contribution is 2.53. The first-order chi connectivity index (χ1) is 13.4. The summed E-state index contributed by atoms with van der Waals surface area (Å²) in [4.78, 5) is 2.06. The summed E-state index contributed by atoms with van der Waals surface area (Å²) < 4.78 is 13.4. The van der Waals surface area contributed by atoms with Crippen LogP contribution < -0.4 is 5.73 Å². The molecular formula is C21H22FN5O. The van der Waals surface area contributed by atoms with Gasteiger partial charge in [-0.2, -0.15) is 15.8 Å². The van der Waals surface area contributed by atoms with Crippen molar-refractivity contribution in [2.45, 2.75) is 12.8 Å². The van der Waals surface area contributed by atoms with Crippen LogP contribution in [0.2, 0.25) is 0 Å². The summed E-state index contributed by atoms with van der Waals surface area (Å²) in [6, 6.07) is 12.0. The Labute approximate surface area is 164 Å². The fourth-order valence-corrected chi connectivity index (χ4v) is 3.87. The zero-order valence-corrected chi connectivity index (χ0v) is 15.9. The number of halogens is 1. The van der Waals surface area contributed by atoms with Crippen LogP contribution in [0.3, 0.4) is 0 Å². The maximum absolute atomic E-state index is 13.4. The van der Waals surface area contributed by atoms with Crippen LogP contribution in [0, 0.1) is 51.1 Å². The molecule has 28 heavy (non-hydrogen) atoms. The first kappa shape index (κ1) is 21.1. The summed E-state index contributed by atoms with van der Waals surface area (Å²) in [7, 11) is 1.93. The van der Waals surface area contributed by atoms with Crippen LogP contribution in [-0.2, 0) is 0 Å². The fourth-order valence-electron chi connectivity index (χ4n) is 3.87. The third kappa shape index (κ3) is 3.49. The predicted molar refractivity (Wildman–Crippen MR) is 101 cm³/mol. The van der Waals surface area contributed by atoms with Crippen molar-refractivity contribution in [3.8, 4) is 18.2 Å². The van der Waals surface area contributed by atoms with E-state index in [4.69, 9.17) is 10.8 Å². The number of aliphatic hydroxyl groups is 1. The highest BCUT2D eigenvalue weighted by molar-refractivity contribution is 5.59. The molecule has 0 unspecified atom stereocenters. The molecule has 2 aliphatic rings. The van der Waals surface area contributed by atoms with Crippen molar-refractivity contribution in [2.75, 3.05) is 26.7 Å². The van der Waals surface area contributed by atoms with Crippen molar-refractivity contribution >= 4 is 0 Å². The number of likely N-dealkylation sites (N-methyl/N-ethyl adjacent to an activating group) is 1. The fraction of sp³-hybridized carbons (Fsp3) is 0.381. The van der Waals surface area contributed by atoms with Crippen molar-refractivity contribution in [1.29, 1.82) is 15.8 Å². The molecule has 0 saturated carbocycles. The van der Waals surface area contributed by atoms with Gasteiger partial charge in [0.05, 0.1) is 23.4 Å². The van der Waals surface area contributed by atoms with Gasteiger partial charge in [-0.15, -0.1) is 0 Å². The zero-order valence-electron chi connectivity index (χ0n) is 15.9. The minimum Gasteiger partial charge on any atom is -0.399 e. The molecule has 3 N–H and O–H groups in total. The Hall–Kier alpha value is -3.18. The summed E-state index contributed by atoms with van der Waals surface area (Å²) in [6.07, 6.45) is 1.93. The van der Waals surface area contributed by atoms with E-state index in [2.05, 4.69) is 23.1 Å². The van der Waals surface area contributed by atoms with Gasteiger partial charge in [0, 0.05) is 31.5 Å². The van der Waals surface area contributed by atoms with E-state index in [0.717, 1.165) is 5.57 Å². The van der Waals surface area contributed by atoms with Crippen molar-refractivity contribution < 1.29 is 9.50 Å². The largest absolute Gasteiger partial charge is 0.399 e. The van der Waals surface area contributed by atoms with Gasteiger partial charge in [-0.1, -0.05) is 18.2 Å². The molecule has 0 bridgehead atoms. The Morgan fingerprint density at radius 2 is 1.82 bits per heavy atom. The van der Waals surface area contributed by atoms with E-state index in [1.807, 2.05) is 13.1 Å².